The van der Waals surface area contributed by atoms with Gasteiger partial charge in [0.25, 0.3) is 0 Å². The van der Waals surface area contributed by atoms with Crippen LogP contribution in [0.1, 0.15) is 31.1 Å². The highest BCUT2D eigenvalue weighted by Gasteiger charge is 2.21. The molecule has 0 aliphatic rings. The van der Waals surface area contributed by atoms with Gasteiger partial charge in [0.05, 0.1) is 16.7 Å². The predicted octanol–water partition coefficient (Wildman–Crippen LogP) is 1.39. The summed E-state index contributed by atoms with van der Waals surface area (Å²) in [6.07, 6.45) is 0. The highest BCUT2D eigenvalue weighted by atomic mass is 127. The van der Waals surface area contributed by atoms with Gasteiger partial charge >= 0.3 is 17.9 Å². The van der Waals surface area contributed by atoms with Crippen molar-refractivity contribution in [3.8, 4) is 0 Å². The van der Waals surface area contributed by atoms with Gasteiger partial charge in [0.2, 0.25) is 0 Å². The molecule has 0 aliphatic carbocycles. The second-order valence-electron chi connectivity index (χ2n) is 2.79. The summed E-state index contributed by atoms with van der Waals surface area (Å²) < 4.78 is 0.174. The first-order valence-corrected chi connectivity index (χ1v) is 4.96. The van der Waals surface area contributed by atoms with E-state index in [1.165, 1.54) is 0 Å². The molecule has 1 aromatic carbocycles. The van der Waals surface area contributed by atoms with E-state index in [9.17, 15) is 14.4 Å². The Balaban J connectivity index is 3.55. The molecule has 0 aromatic heterocycles. The van der Waals surface area contributed by atoms with Gasteiger partial charge in [-0.25, -0.2) is 14.4 Å². The Kier molecular flexibility index (Phi) is 3.48. The number of halogens is 1. The summed E-state index contributed by atoms with van der Waals surface area (Å²) >= 11 is 1.64. The van der Waals surface area contributed by atoms with Crippen molar-refractivity contribution in [3.05, 3.63) is 32.4 Å². The lowest BCUT2D eigenvalue weighted by Gasteiger charge is -2.05. The molecule has 6 nitrogen and oxygen atoms in total. The summed E-state index contributed by atoms with van der Waals surface area (Å²) in [5, 5.41) is 26.3. The number of aromatic carboxylic acids is 3. The average molecular weight is 336 g/mol. The van der Waals surface area contributed by atoms with Crippen LogP contribution in [0.25, 0.3) is 0 Å². The lowest BCUT2D eigenvalue weighted by atomic mass is 10.0. The van der Waals surface area contributed by atoms with Crippen LogP contribution < -0.4 is 0 Å². The zero-order valence-corrected chi connectivity index (χ0v) is 9.76. The molecule has 16 heavy (non-hydrogen) atoms. The molecule has 0 radical (unpaired) electrons. The van der Waals surface area contributed by atoms with E-state index in [0.29, 0.717) is 0 Å². The number of carbonyl (C=O) groups is 3. The number of rotatable bonds is 3. The monoisotopic (exact) mass is 336 g/mol. The van der Waals surface area contributed by atoms with Crippen LogP contribution in [0.3, 0.4) is 0 Å². The second kappa shape index (κ2) is 4.47. The maximum atomic E-state index is 10.8. The van der Waals surface area contributed by atoms with Crippen molar-refractivity contribution < 1.29 is 29.7 Å². The molecule has 3 N–H and O–H groups in total. The molecule has 1 rings (SSSR count). The van der Waals surface area contributed by atoms with Crippen molar-refractivity contribution in [1.29, 1.82) is 0 Å². The molecule has 0 bridgehead atoms. The zero-order chi connectivity index (χ0) is 12.5. The summed E-state index contributed by atoms with van der Waals surface area (Å²) in [4.78, 5) is 32.2. The Labute approximate surface area is 103 Å². The third kappa shape index (κ3) is 2.30. The number of carboxylic acids is 3. The highest BCUT2D eigenvalue weighted by molar-refractivity contribution is 14.1. The first kappa shape index (κ1) is 12.4. The van der Waals surface area contributed by atoms with Gasteiger partial charge < -0.3 is 15.3 Å². The minimum Gasteiger partial charge on any atom is -0.478 e. The van der Waals surface area contributed by atoms with Gasteiger partial charge in [-0.3, -0.25) is 0 Å². The number of carboxylic acid groups (broad SMARTS) is 3. The van der Waals surface area contributed by atoms with Crippen LogP contribution in [-0.2, 0) is 0 Å². The van der Waals surface area contributed by atoms with Gasteiger partial charge in [-0.15, -0.1) is 0 Å². The maximum absolute atomic E-state index is 10.8. The number of benzene rings is 1. The van der Waals surface area contributed by atoms with Crippen LogP contribution in [-0.4, -0.2) is 33.2 Å². The molecule has 84 valence electrons. The number of hydrogen-bond donors (Lipinski definition) is 3. The Morgan fingerprint density at radius 2 is 1.19 bits per heavy atom. The molecule has 0 saturated carbocycles. The quantitative estimate of drug-likeness (QED) is 0.719. The summed E-state index contributed by atoms with van der Waals surface area (Å²) in [6, 6.07) is 1.87. The van der Waals surface area contributed by atoms with Crippen LogP contribution in [0, 0.1) is 3.57 Å². The Hall–Kier alpha value is -1.64. The van der Waals surface area contributed by atoms with Crippen LogP contribution in [0.2, 0.25) is 0 Å². The lowest BCUT2D eigenvalue weighted by molar-refractivity contribution is 0.0649. The first-order chi connectivity index (χ1) is 7.34. The maximum Gasteiger partial charge on any atom is 0.336 e. The molecule has 0 aliphatic heterocycles. The third-order valence-corrected chi connectivity index (χ3v) is 2.69. The van der Waals surface area contributed by atoms with Crippen LogP contribution in [0.4, 0.5) is 0 Å². The fraction of sp³-hybridized carbons (Fsp3) is 0. The van der Waals surface area contributed by atoms with Gasteiger partial charge in [-0.05, 0) is 34.7 Å². The molecule has 0 spiro atoms. The topological polar surface area (TPSA) is 112 Å². The highest BCUT2D eigenvalue weighted by Crippen LogP contribution is 2.19. The SMILES string of the molecule is O=C(O)c1cc(C(=O)O)c(C(=O)O)cc1I. The van der Waals surface area contributed by atoms with Crippen LogP contribution >= 0.6 is 22.6 Å². The van der Waals surface area contributed by atoms with E-state index in [2.05, 4.69) is 0 Å². The van der Waals surface area contributed by atoms with Crippen molar-refractivity contribution in [2.75, 3.05) is 0 Å². The largest absolute Gasteiger partial charge is 0.478 e. The molecule has 0 amide bonds. The van der Waals surface area contributed by atoms with Crippen molar-refractivity contribution in [2.24, 2.45) is 0 Å². The first-order valence-electron chi connectivity index (χ1n) is 3.88. The van der Waals surface area contributed by atoms with Crippen molar-refractivity contribution >= 4 is 40.5 Å². The van der Waals surface area contributed by atoms with E-state index in [1.807, 2.05) is 0 Å². The minimum atomic E-state index is -1.48. The van der Waals surface area contributed by atoms with Gasteiger partial charge in [0.15, 0.2) is 0 Å². The lowest BCUT2D eigenvalue weighted by Crippen LogP contribution is -2.12. The van der Waals surface area contributed by atoms with E-state index in [-0.39, 0.29) is 9.13 Å². The minimum absolute atomic E-state index is 0.174. The van der Waals surface area contributed by atoms with E-state index in [1.54, 1.807) is 22.6 Å². The standard InChI is InChI=1S/C9H5IO6/c10-6-2-4(8(13)14)3(7(11)12)1-5(6)9(15)16/h1-2H,(H,11,12)(H,13,14)(H,15,16). The fourth-order valence-electron chi connectivity index (χ4n) is 1.09. The molecule has 7 heteroatoms. The molecule has 0 heterocycles. The molecule has 0 fully saturated rings. The average Bonchev–Trinajstić information content (AvgIpc) is 2.15. The van der Waals surface area contributed by atoms with Gasteiger partial charge in [-0.2, -0.15) is 0 Å². The van der Waals surface area contributed by atoms with E-state index >= 15 is 0 Å². The van der Waals surface area contributed by atoms with Crippen molar-refractivity contribution in [3.63, 3.8) is 0 Å². The molecule has 1 aromatic rings. The number of hydrogen-bond acceptors (Lipinski definition) is 3. The summed E-state index contributed by atoms with van der Waals surface area (Å²) in [6.45, 7) is 0. The Morgan fingerprint density at radius 3 is 1.56 bits per heavy atom. The van der Waals surface area contributed by atoms with E-state index < -0.39 is 29.0 Å². The van der Waals surface area contributed by atoms with Crippen molar-refractivity contribution in [1.82, 2.24) is 0 Å². The Morgan fingerprint density at radius 1 is 0.812 bits per heavy atom. The van der Waals surface area contributed by atoms with E-state index in [0.717, 1.165) is 12.1 Å². The molecular weight excluding hydrogens is 331 g/mol. The fourth-order valence-corrected chi connectivity index (χ4v) is 1.79. The van der Waals surface area contributed by atoms with Crippen LogP contribution in [0.5, 0.6) is 0 Å². The summed E-state index contributed by atoms with van der Waals surface area (Å²) in [5.41, 5.74) is -1.20. The van der Waals surface area contributed by atoms with Gasteiger partial charge in [0.1, 0.15) is 0 Å². The zero-order valence-electron chi connectivity index (χ0n) is 7.60. The van der Waals surface area contributed by atoms with E-state index in [4.69, 9.17) is 15.3 Å². The molecule has 0 atom stereocenters. The van der Waals surface area contributed by atoms with Gasteiger partial charge in [0, 0.05) is 3.57 Å². The van der Waals surface area contributed by atoms with Crippen LogP contribution in [0.15, 0.2) is 12.1 Å². The second-order valence-corrected chi connectivity index (χ2v) is 3.96. The molecular formula is C9H5IO6. The van der Waals surface area contributed by atoms with Crippen molar-refractivity contribution in [2.45, 2.75) is 0 Å². The smallest absolute Gasteiger partial charge is 0.336 e. The van der Waals surface area contributed by atoms with Gasteiger partial charge in [-0.1, -0.05) is 0 Å². The third-order valence-electron chi connectivity index (χ3n) is 1.80. The Bertz CT molecular complexity index is 493. The summed E-state index contributed by atoms with van der Waals surface area (Å²) in [5.74, 6) is -4.19. The summed E-state index contributed by atoms with van der Waals surface area (Å²) in [7, 11) is 0. The molecule has 0 unspecified atom stereocenters. The molecule has 0 saturated heterocycles. The predicted molar refractivity (Wildman–Crippen MR) is 60.0 cm³/mol. The normalized spacial score (nSPS) is 9.81.